The summed E-state index contributed by atoms with van der Waals surface area (Å²) in [6.07, 6.45) is 2.33. The lowest BCUT2D eigenvalue weighted by atomic mass is 9.86. The van der Waals surface area contributed by atoms with Crippen molar-refractivity contribution in [2.75, 3.05) is 6.61 Å². The van der Waals surface area contributed by atoms with Crippen LogP contribution in [0.3, 0.4) is 0 Å². The third-order valence-corrected chi connectivity index (χ3v) is 3.36. The van der Waals surface area contributed by atoms with Crippen LogP contribution < -0.4 is 4.74 Å². The molecule has 0 aromatic heterocycles. The molecule has 0 spiro atoms. The lowest BCUT2D eigenvalue weighted by molar-refractivity contribution is 0.148. The van der Waals surface area contributed by atoms with Crippen LogP contribution in [0.2, 0.25) is 0 Å². The zero-order chi connectivity index (χ0) is 14.5. The Morgan fingerprint density at radius 1 is 1.26 bits per heavy atom. The lowest BCUT2D eigenvalue weighted by Crippen LogP contribution is -2.14. The minimum Gasteiger partial charge on any atom is -0.493 e. The first-order valence-electron chi connectivity index (χ1n) is 7.26. The fourth-order valence-electron chi connectivity index (χ4n) is 2.07. The van der Waals surface area contributed by atoms with Crippen LogP contribution in [0, 0.1) is 6.92 Å². The predicted molar refractivity (Wildman–Crippen MR) is 80.9 cm³/mol. The second-order valence-corrected chi connectivity index (χ2v) is 6.30. The third-order valence-electron chi connectivity index (χ3n) is 3.36. The molecule has 1 aromatic rings. The molecule has 1 N–H and O–H groups in total. The van der Waals surface area contributed by atoms with E-state index in [-0.39, 0.29) is 11.5 Å². The van der Waals surface area contributed by atoms with E-state index in [0.717, 1.165) is 25.0 Å². The quantitative estimate of drug-likeness (QED) is 0.779. The van der Waals surface area contributed by atoms with Gasteiger partial charge in [0.05, 0.1) is 12.7 Å². The summed E-state index contributed by atoms with van der Waals surface area (Å²) in [5.41, 5.74) is 2.55. The number of rotatable bonds is 6. The summed E-state index contributed by atoms with van der Waals surface area (Å²) in [7, 11) is 0. The standard InChI is InChI=1S/C17H28O2/c1-6-14(18)8-7-11-19-16-12-13(2)9-10-15(16)17(3,4)5/h9-10,12,14,18H,6-8,11H2,1-5H3. The van der Waals surface area contributed by atoms with Crippen LogP contribution in [0.4, 0.5) is 0 Å². The van der Waals surface area contributed by atoms with E-state index in [2.05, 4.69) is 45.9 Å². The predicted octanol–water partition coefficient (Wildman–Crippen LogP) is 4.22. The Balaban J connectivity index is 2.64. The van der Waals surface area contributed by atoms with Crippen LogP contribution in [-0.4, -0.2) is 17.8 Å². The van der Waals surface area contributed by atoms with Gasteiger partial charge in [0.1, 0.15) is 5.75 Å². The van der Waals surface area contributed by atoms with Gasteiger partial charge in [0, 0.05) is 0 Å². The second kappa shape index (κ2) is 6.95. The number of hydrogen-bond donors (Lipinski definition) is 1. The smallest absolute Gasteiger partial charge is 0.123 e. The van der Waals surface area contributed by atoms with Crippen molar-refractivity contribution >= 4 is 0 Å². The monoisotopic (exact) mass is 264 g/mol. The molecule has 0 amide bonds. The van der Waals surface area contributed by atoms with E-state index in [4.69, 9.17) is 4.74 Å². The highest BCUT2D eigenvalue weighted by Crippen LogP contribution is 2.32. The maximum atomic E-state index is 9.53. The maximum absolute atomic E-state index is 9.53. The van der Waals surface area contributed by atoms with Gasteiger partial charge in [-0.3, -0.25) is 0 Å². The summed E-state index contributed by atoms with van der Waals surface area (Å²) in [5.74, 6) is 0.985. The first kappa shape index (κ1) is 16.0. The summed E-state index contributed by atoms with van der Waals surface area (Å²) < 4.78 is 5.93. The number of benzene rings is 1. The number of aliphatic hydroxyl groups is 1. The highest BCUT2D eigenvalue weighted by molar-refractivity contribution is 5.41. The molecule has 0 radical (unpaired) electrons. The Labute approximate surface area is 117 Å². The minimum atomic E-state index is -0.191. The van der Waals surface area contributed by atoms with Gasteiger partial charge in [0.2, 0.25) is 0 Å². The number of aliphatic hydroxyl groups excluding tert-OH is 1. The number of aryl methyl sites for hydroxylation is 1. The van der Waals surface area contributed by atoms with Crippen molar-refractivity contribution in [1.82, 2.24) is 0 Å². The van der Waals surface area contributed by atoms with E-state index in [1.54, 1.807) is 0 Å². The lowest BCUT2D eigenvalue weighted by Gasteiger charge is -2.23. The van der Waals surface area contributed by atoms with E-state index in [0.29, 0.717) is 6.61 Å². The van der Waals surface area contributed by atoms with Gasteiger partial charge in [-0.1, -0.05) is 39.8 Å². The highest BCUT2D eigenvalue weighted by Gasteiger charge is 2.18. The van der Waals surface area contributed by atoms with Gasteiger partial charge < -0.3 is 9.84 Å². The molecule has 2 heteroatoms. The van der Waals surface area contributed by atoms with Crippen molar-refractivity contribution in [3.63, 3.8) is 0 Å². The van der Waals surface area contributed by atoms with Gasteiger partial charge in [-0.15, -0.1) is 0 Å². The van der Waals surface area contributed by atoms with Crippen molar-refractivity contribution in [3.8, 4) is 5.75 Å². The van der Waals surface area contributed by atoms with Crippen LogP contribution in [0.15, 0.2) is 18.2 Å². The average Bonchev–Trinajstić information content (AvgIpc) is 2.32. The highest BCUT2D eigenvalue weighted by atomic mass is 16.5. The molecule has 0 aliphatic rings. The second-order valence-electron chi connectivity index (χ2n) is 6.30. The normalized spacial score (nSPS) is 13.4. The molecule has 108 valence electrons. The van der Waals surface area contributed by atoms with Gasteiger partial charge in [0.15, 0.2) is 0 Å². The fraction of sp³-hybridized carbons (Fsp3) is 0.647. The molecule has 0 fully saturated rings. The molecule has 0 bridgehead atoms. The first-order chi connectivity index (χ1) is 8.84. The molecule has 1 rings (SSSR count). The van der Waals surface area contributed by atoms with Crippen molar-refractivity contribution in [2.24, 2.45) is 0 Å². The van der Waals surface area contributed by atoms with Crippen molar-refractivity contribution in [1.29, 1.82) is 0 Å². The molecule has 2 nitrogen and oxygen atoms in total. The molecule has 1 atom stereocenters. The van der Waals surface area contributed by atoms with Crippen molar-refractivity contribution < 1.29 is 9.84 Å². The number of hydrogen-bond acceptors (Lipinski definition) is 2. The molecule has 0 saturated carbocycles. The molecular formula is C17H28O2. The summed E-state index contributed by atoms with van der Waals surface area (Å²) in [4.78, 5) is 0. The van der Waals surface area contributed by atoms with Gasteiger partial charge in [-0.05, 0) is 48.8 Å². The van der Waals surface area contributed by atoms with Crippen LogP contribution >= 0.6 is 0 Å². The summed E-state index contributed by atoms with van der Waals surface area (Å²) >= 11 is 0. The van der Waals surface area contributed by atoms with E-state index in [1.165, 1.54) is 11.1 Å². The molecule has 0 aliphatic carbocycles. The number of ether oxygens (including phenoxy) is 1. The Morgan fingerprint density at radius 2 is 1.95 bits per heavy atom. The third kappa shape index (κ3) is 5.23. The topological polar surface area (TPSA) is 29.5 Å². The molecule has 0 heterocycles. The van der Waals surface area contributed by atoms with Crippen LogP contribution in [0.5, 0.6) is 5.75 Å². The molecular weight excluding hydrogens is 236 g/mol. The van der Waals surface area contributed by atoms with Crippen LogP contribution in [0.1, 0.15) is 58.1 Å². The Hall–Kier alpha value is -1.02. The largest absolute Gasteiger partial charge is 0.493 e. The first-order valence-corrected chi connectivity index (χ1v) is 7.26. The van der Waals surface area contributed by atoms with Crippen molar-refractivity contribution in [2.45, 2.75) is 65.4 Å². The zero-order valence-corrected chi connectivity index (χ0v) is 13.0. The van der Waals surface area contributed by atoms with Crippen LogP contribution in [0.25, 0.3) is 0 Å². The molecule has 1 unspecified atom stereocenters. The van der Waals surface area contributed by atoms with Gasteiger partial charge in [-0.25, -0.2) is 0 Å². The van der Waals surface area contributed by atoms with Gasteiger partial charge >= 0.3 is 0 Å². The Bertz CT molecular complexity index is 391. The SMILES string of the molecule is CCC(O)CCCOc1cc(C)ccc1C(C)(C)C. The Morgan fingerprint density at radius 3 is 2.53 bits per heavy atom. The average molecular weight is 264 g/mol. The maximum Gasteiger partial charge on any atom is 0.123 e. The van der Waals surface area contributed by atoms with Crippen molar-refractivity contribution in [3.05, 3.63) is 29.3 Å². The van der Waals surface area contributed by atoms with E-state index >= 15 is 0 Å². The molecule has 0 aliphatic heterocycles. The van der Waals surface area contributed by atoms with E-state index in [1.807, 2.05) is 6.92 Å². The minimum absolute atomic E-state index is 0.0893. The summed E-state index contributed by atoms with van der Waals surface area (Å²) in [6.45, 7) is 11.4. The van der Waals surface area contributed by atoms with Crippen LogP contribution in [-0.2, 0) is 5.41 Å². The summed E-state index contributed by atoms with van der Waals surface area (Å²) in [5, 5.41) is 9.53. The fourth-order valence-corrected chi connectivity index (χ4v) is 2.07. The van der Waals surface area contributed by atoms with E-state index in [9.17, 15) is 5.11 Å². The molecule has 1 aromatic carbocycles. The van der Waals surface area contributed by atoms with E-state index < -0.39 is 0 Å². The molecule has 19 heavy (non-hydrogen) atoms. The van der Waals surface area contributed by atoms with Gasteiger partial charge in [-0.2, -0.15) is 0 Å². The Kier molecular flexibility index (Phi) is 5.86. The molecule has 0 saturated heterocycles. The summed E-state index contributed by atoms with van der Waals surface area (Å²) in [6, 6.07) is 6.40. The zero-order valence-electron chi connectivity index (χ0n) is 13.0. The van der Waals surface area contributed by atoms with Gasteiger partial charge in [0.25, 0.3) is 0 Å².